The number of carbonyl (C=O) groups is 1. The first-order valence-corrected chi connectivity index (χ1v) is 9.72. The van der Waals surface area contributed by atoms with Crippen molar-refractivity contribution in [1.29, 1.82) is 0 Å². The lowest BCUT2D eigenvalue weighted by Crippen LogP contribution is -2.25. The third-order valence-corrected chi connectivity index (χ3v) is 4.95. The van der Waals surface area contributed by atoms with E-state index in [0.29, 0.717) is 11.5 Å². The Morgan fingerprint density at radius 1 is 1.10 bits per heavy atom. The molecule has 1 aliphatic rings. The Hall–Kier alpha value is -3.74. The van der Waals surface area contributed by atoms with Gasteiger partial charge in [0.25, 0.3) is 5.91 Å². The number of anilines is 1. The molecule has 0 saturated heterocycles. The molecule has 4 rings (SSSR count). The van der Waals surface area contributed by atoms with Crippen LogP contribution in [0.3, 0.4) is 0 Å². The molecule has 7 nitrogen and oxygen atoms in total. The summed E-state index contributed by atoms with van der Waals surface area (Å²) in [6.07, 6.45) is 1.67. The van der Waals surface area contributed by atoms with Gasteiger partial charge >= 0.3 is 0 Å². The van der Waals surface area contributed by atoms with E-state index in [1.165, 1.54) is 5.56 Å². The van der Waals surface area contributed by atoms with Gasteiger partial charge in [0, 0.05) is 34.4 Å². The van der Waals surface area contributed by atoms with Gasteiger partial charge in [0.15, 0.2) is 11.5 Å². The summed E-state index contributed by atoms with van der Waals surface area (Å²) in [5.41, 5.74) is 8.79. The summed E-state index contributed by atoms with van der Waals surface area (Å²) >= 11 is 0. The van der Waals surface area contributed by atoms with E-state index in [1.807, 2.05) is 25.1 Å². The van der Waals surface area contributed by atoms with E-state index in [0.717, 1.165) is 28.3 Å². The number of hydrazone groups is 1. The second-order valence-corrected chi connectivity index (χ2v) is 7.22. The maximum Gasteiger partial charge on any atom is 0.259 e. The van der Waals surface area contributed by atoms with Crippen LogP contribution in [-0.4, -0.2) is 30.0 Å². The normalized spacial score (nSPS) is 12.4. The predicted molar refractivity (Wildman–Crippen MR) is 117 cm³/mol. The second kappa shape index (κ2) is 8.32. The van der Waals surface area contributed by atoms with Crippen molar-refractivity contribution in [2.24, 2.45) is 5.10 Å². The molecule has 2 N–H and O–H groups in total. The van der Waals surface area contributed by atoms with E-state index in [-0.39, 0.29) is 19.2 Å². The van der Waals surface area contributed by atoms with Gasteiger partial charge in [0.05, 0.1) is 12.8 Å². The fraction of sp³-hybridized carbons (Fsp3) is 0.217. The number of benzene rings is 2. The zero-order valence-electron chi connectivity index (χ0n) is 17.2. The van der Waals surface area contributed by atoms with Crippen LogP contribution >= 0.6 is 0 Å². The van der Waals surface area contributed by atoms with Crippen molar-refractivity contribution in [3.8, 4) is 17.2 Å². The number of rotatable bonds is 6. The molecule has 0 radical (unpaired) electrons. The molecule has 30 heavy (non-hydrogen) atoms. The molecule has 0 spiro atoms. The Kier molecular flexibility index (Phi) is 5.43. The Morgan fingerprint density at radius 3 is 2.77 bits per heavy atom. The molecule has 1 amide bonds. The van der Waals surface area contributed by atoms with Gasteiger partial charge in [-0.25, -0.2) is 5.43 Å². The third kappa shape index (κ3) is 4.15. The number of nitrogens with one attached hydrogen (secondary N) is 2. The number of hydrogen-bond donors (Lipinski definition) is 2. The van der Waals surface area contributed by atoms with Crippen LogP contribution in [0.5, 0.6) is 11.5 Å². The third-order valence-electron chi connectivity index (χ3n) is 4.95. The maximum atomic E-state index is 12.1. The summed E-state index contributed by atoms with van der Waals surface area (Å²) in [6, 6.07) is 15.9. The molecule has 2 aromatic carbocycles. The topological polar surface area (TPSA) is 76.9 Å². The smallest absolute Gasteiger partial charge is 0.259 e. The standard InChI is InChI=1S/C23H24N4O3/c1-15-5-4-6-20(9-15)27-16(2)10-18(17(27)3)12-25-26-23(28)13-24-19-7-8-21-22(11-19)30-14-29-21/h4-12,24H,13-14H2,1-3H3,(H,26,28)/b25-12-. The number of amides is 1. The largest absolute Gasteiger partial charge is 0.454 e. The molecule has 154 valence electrons. The highest BCUT2D eigenvalue weighted by Gasteiger charge is 2.13. The quantitative estimate of drug-likeness (QED) is 0.485. The van der Waals surface area contributed by atoms with Crippen molar-refractivity contribution in [1.82, 2.24) is 9.99 Å². The average Bonchev–Trinajstić information content (AvgIpc) is 3.30. The highest BCUT2D eigenvalue weighted by atomic mass is 16.7. The first-order chi connectivity index (χ1) is 14.5. The Labute approximate surface area is 175 Å². The van der Waals surface area contributed by atoms with Gasteiger partial charge in [-0.05, 0) is 56.7 Å². The van der Waals surface area contributed by atoms with Crippen LogP contribution in [-0.2, 0) is 4.79 Å². The van der Waals surface area contributed by atoms with Gasteiger partial charge in [-0.3, -0.25) is 4.79 Å². The molecule has 0 aliphatic carbocycles. The molecule has 0 unspecified atom stereocenters. The zero-order valence-corrected chi connectivity index (χ0v) is 17.2. The van der Waals surface area contributed by atoms with Crippen LogP contribution in [0, 0.1) is 20.8 Å². The maximum absolute atomic E-state index is 12.1. The molecule has 0 bridgehead atoms. The summed E-state index contributed by atoms with van der Waals surface area (Å²) in [4.78, 5) is 12.1. The van der Waals surface area contributed by atoms with E-state index >= 15 is 0 Å². The van der Waals surface area contributed by atoms with Crippen LogP contribution in [0.15, 0.2) is 53.6 Å². The minimum Gasteiger partial charge on any atom is -0.454 e. The lowest BCUT2D eigenvalue weighted by molar-refractivity contribution is -0.119. The molecule has 2 heterocycles. The summed E-state index contributed by atoms with van der Waals surface area (Å²) in [7, 11) is 0. The fourth-order valence-corrected chi connectivity index (χ4v) is 3.48. The van der Waals surface area contributed by atoms with Crippen molar-refractivity contribution < 1.29 is 14.3 Å². The highest BCUT2D eigenvalue weighted by Crippen LogP contribution is 2.34. The number of nitrogens with zero attached hydrogens (tertiary/aromatic N) is 2. The Balaban J connectivity index is 1.36. The molecule has 0 saturated carbocycles. The molecule has 0 atom stereocenters. The molecule has 7 heteroatoms. The van der Waals surface area contributed by atoms with E-state index in [2.05, 4.69) is 58.5 Å². The predicted octanol–water partition coefficient (Wildman–Crippen LogP) is 3.69. The molecule has 3 aromatic rings. The number of carbonyl (C=O) groups excluding carboxylic acids is 1. The molecule has 1 aliphatic heterocycles. The SMILES string of the molecule is Cc1cccc(-n2c(C)cc(/C=N\NC(=O)CNc3ccc4c(c3)OCO4)c2C)c1. The van der Waals surface area contributed by atoms with E-state index in [9.17, 15) is 4.79 Å². The van der Waals surface area contributed by atoms with Gasteiger partial charge in [-0.1, -0.05) is 12.1 Å². The Bertz CT molecular complexity index is 1120. The van der Waals surface area contributed by atoms with E-state index in [1.54, 1.807) is 12.3 Å². The van der Waals surface area contributed by atoms with Crippen molar-refractivity contribution >= 4 is 17.8 Å². The van der Waals surface area contributed by atoms with Crippen LogP contribution < -0.4 is 20.2 Å². The fourth-order valence-electron chi connectivity index (χ4n) is 3.48. The van der Waals surface area contributed by atoms with Gasteiger partial charge in [0.1, 0.15) is 0 Å². The monoisotopic (exact) mass is 404 g/mol. The van der Waals surface area contributed by atoms with E-state index in [4.69, 9.17) is 9.47 Å². The minimum absolute atomic E-state index is 0.0965. The van der Waals surface area contributed by atoms with Gasteiger partial charge in [-0.15, -0.1) is 0 Å². The lowest BCUT2D eigenvalue weighted by atomic mass is 10.2. The first kappa shape index (κ1) is 19.6. The average molecular weight is 404 g/mol. The Morgan fingerprint density at radius 2 is 1.93 bits per heavy atom. The van der Waals surface area contributed by atoms with Crippen molar-refractivity contribution in [2.45, 2.75) is 20.8 Å². The van der Waals surface area contributed by atoms with Crippen molar-refractivity contribution in [3.05, 3.63) is 71.0 Å². The summed E-state index contributed by atoms with van der Waals surface area (Å²) < 4.78 is 12.8. The lowest BCUT2D eigenvalue weighted by Gasteiger charge is -2.10. The van der Waals surface area contributed by atoms with Crippen LogP contribution in [0.2, 0.25) is 0 Å². The van der Waals surface area contributed by atoms with Gasteiger partial charge in [0.2, 0.25) is 6.79 Å². The minimum atomic E-state index is -0.239. The van der Waals surface area contributed by atoms with Crippen LogP contribution in [0.4, 0.5) is 5.69 Å². The first-order valence-electron chi connectivity index (χ1n) is 9.72. The number of fused-ring (bicyclic) bond motifs is 1. The molecule has 1 aromatic heterocycles. The molecular weight excluding hydrogens is 380 g/mol. The summed E-state index contributed by atoms with van der Waals surface area (Å²) in [5, 5.41) is 7.16. The molecule has 0 fully saturated rings. The van der Waals surface area contributed by atoms with Gasteiger partial charge in [-0.2, -0.15) is 5.10 Å². The van der Waals surface area contributed by atoms with Crippen LogP contribution in [0.1, 0.15) is 22.5 Å². The number of aromatic nitrogens is 1. The highest BCUT2D eigenvalue weighted by molar-refractivity contribution is 5.85. The molecular formula is C23H24N4O3. The van der Waals surface area contributed by atoms with Gasteiger partial charge < -0.3 is 19.4 Å². The zero-order chi connectivity index (χ0) is 21.1. The van der Waals surface area contributed by atoms with Crippen LogP contribution in [0.25, 0.3) is 5.69 Å². The summed E-state index contributed by atoms with van der Waals surface area (Å²) in [5.74, 6) is 1.14. The number of hydrogen-bond acceptors (Lipinski definition) is 5. The number of aryl methyl sites for hydroxylation is 2. The second-order valence-electron chi connectivity index (χ2n) is 7.22. The summed E-state index contributed by atoms with van der Waals surface area (Å²) in [6.45, 7) is 6.49. The van der Waals surface area contributed by atoms with Crippen molar-refractivity contribution in [3.63, 3.8) is 0 Å². The van der Waals surface area contributed by atoms with Crippen molar-refractivity contribution in [2.75, 3.05) is 18.7 Å². The number of ether oxygens (including phenoxy) is 2. The van der Waals surface area contributed by atoms with E-state index < -0.39 is 0 Å².